The van der Waals surface area contributed by atoms with Gasteiger partial charge in [-0.1, -0.05) is 53.7 Å². The van der Waals surface area contributed by atoms with Crippen LogP contribution in [-0.4, -0.2) is 34.6 Å². The van der Waals surface area contributed by atoms with Crippen LogP contribution in [0.5, 0.6) is 0 Å². The number of fused-ring (bicyclic) bond motifs is 1. The van der Waals surface area contributed by atoms with Crippen LogP contribution in [0.2, 0.25) is 10.0 Å². The van der Waals surface area contributed by atoms with Gasteiger partial charge < -0.3 is 4.84 Å². The van der Waals surface area contributed by atoms with E-state index >= 15 is 0 Å². The van der Waals surface area contributed by atoms with Crippen LogP contribution in [0.25, 0.3) is 0 Å². The van der Waals surface area contributed by atoms with Crippen molar-refractivity contribution in [2.45, 2.75) is 44.2 Å². The van der Waals surface area contributed by atoms with Gasteiger partial charge in [-0.15, -0.1) is 0 Å². The first-order valence-corrected chi connectivity index (χ1v) is 8.89. The van der Waals surface area contributed by atoms with Gasteiger partial charge in [0.05, 0.1) is 5.02 Å². The molecule has 5 nitrogen and oxygen atoms in total. The molecule has 2 aliphatic heterocycles. The fourth-order valence-corrected chi connectivity index (χ4v) is 4.32. The highest BCUT2D eigenvalue weighted by Gasteiger charge is 2.57. The van der Waals surface area contributed by atoms with E-state index in [1.165, 1.54) is 4.90 Å². The van der Waals surface area contributed by atoms with E-state index in [0.717, 1.165) is 32.1 Å². The van der Waals surface area contributed by atoms with Gasteiger partial charge in [-0.3, -0.25) is 14.5 Å². The van der Waals surface area contributed by atoms with E-state index in [0.29, 0.717) is 21.3 Å². The molecule has 2 fully saturated rings. The minimum Gasteiger partial charge on any atom is -0.381 e. The van der Waals surface area contributed by atoms with E-state index in [9.17, 15) is 9.59 Å². The average molecular weight is 367 g/mol. The quantitative estimate of drug-likeness (QED) is 0.753. The molecule has 0 N–H and O–H groups in total. The number of oxime groups is 1. The highest BCUT2D eigenvalue weighted by Crippen LogP contribution is 2.37. The van der Waals surface area contributed by atoms with Crippen LogP contribution in [0, 0.1) is 5.92 Å². The number of carbonyl (C=O) groups excluding carboxylic acids is 2. The van der Waals surface area contributed by atoms with E-state index in [4.69, 9.17) is 28.0 Å². The predicted octanol–water partition coefficient (Wildman–Crippen LogP) is 3.41. The van der Waals surface area contributed by atoms with Gasteiger partial charge in [-0.2, -0.15) is 0 Å². The topological polar surface area (TPSA) is 59.0 Å². The fourth-order valence-electron chi connectivity index (χ4n) is 3.82. The standard InChI is InChI=1S/C17H16Cl2N2O3/c18-9-6-7-11(12(19)8-9)14-13-15(24-20-14)17(23)21(16(13)22)10-4-2-1-3-5-10/h6-8,10,13,15H,1-5H2/t13-,15-/m1/s1. The summed E-state index contributed by atoms with van der Waals surface area (Å²) < 4.78 is 0. The van der Waals surface area contributed by atoms with Gasteiger partial charge in [0.1, 0.15) is 11.6 Å². The lowest BCUT2D eigenvalue weighted by molar-refractivity contribution is -0.145. The molecule has 0 unspecified atom stereocenters. The Balaban J connectivity index is 1.65. The third kappa shape index (κ3) is 2.42. The Morgan fingerprint density at radius 1 is 1.08 bits per heavy atom. The minimum atomic E-state index is -0.860. The maximum atomic E-state index is 12.9. The molecule has 126 valence electrons. The molecule has 4 rings (SSSR count). The van der Waals surface area contributed by atoms with Crippen LogP contribution < -0.4 is 0 Å². The van der Waals surface area contributed by atoms with Crippen molar-refractivity contribution in [3.05, 3.63) is 33.8 Å². The molecule has 1 aromatic carbocycles. The van der Waals surface area contributed by atoms with Gasteiger partial charge in [0.15, 0.2) is 0 Å². The summed E-state index contributed by atoms with van der Waals surface area (Å²) in [6.45, 7) is 0. The molecule has 3 aliphatic rings. The van der Waals surface area contributed by atoms with Gasteiger partial charge >= 0.3 is 0 Å². The van der Waals surface area contributed by atoms with Crippen molar-refractivity contribution in [1.82, 2.24) is 4.90 Å². The number of rotatable bonds is 2. The van der Waals surface area contributed by atoms with Gasteiger partial charge in [-0.25, -0.2) is 0 Å². The number of halogens is 2. The van der Waals surface area contributed by atoms with Crippen LogP contribution in [0.3, 0.4) is 0 Å². The summed E-state index contributed by atoms with van der Waals surface area (Å²) >= 11 is 12.2. The first-order valence-electron chi connectivity index (χ1n) is 8.14. The van der Waals surface area contributed by atoms with Crippen molar-refractivity contribution in [2.24, 2.45) is 11.1 Å². The average Bonchev–Trinajstić information content (AvgIpc) is 3.09. The second kappa shape index (κ2) is 6.05. The Bertz CT molecular complexity index is 743. The molecule has 0 spiro atoms. The summed E-state index contributed by atoms with van der Waals surface area (Å²) in [6.07, 6.45) is 4.12. The molecule has 0 bridgehead atoms. The largest absolute Gasteiger partial charge is 0.381 e. The molecule has 2 amide bonds. The van der Waals surface area contributed by atoms with Gasteiger partial charge in [0, 0.05) is 16.6 Å². The Kier molecular flexibility index (Phi) is 4.01. The van der Waals surface area contributed by atoms with Gasteiger partial charge in [-0.05, 0) is 25.0 Å². The molecule has 1 saturated heterocycles. The summed E-state index contributed by atoms with van der Waals surface area (Å²) in [7, 11) is 0. The smallest absolute Gasteiger partial charge is 0.274 e. The molecule has 2 atom stereocenters. The van der Waals surface area contributed by atoms with Crippen molar-refractivity contribution in [1.29, 1.82) is 0 Å². The number of nitrogens with zero attached hydrogens (tertiary/aromatic N) is 2. The first kappa shape index (κ1) is 15.9. The molecule has 2 heterocycles. The number of hydrogen-bond donors (Lipinski definition) is 0. The highest BCUT2D eigenvalue weighted by molar-refractivity contribution is 6.38. The van der Waals surface area contributed by atoms with Gasteiger partial charge in [0.2, 0.25) is 12.0 Å². The number of carbonyl (C=O) groups is 2. The lowest BCUT2D eigenvalue weighted by Gasteiger charge is -2.29. The number of benzene rings is 1. The molecule has 7 heteroatoms. The van der Waals surface area contributed by atoms with Crippen LogP contribution in [0.4, 0.5) is 0 Å². The van der Waals surface area contributed by atoms with Crippen molar-refractivity contribution in [3.8, 4) is 0 Å². The van der Waals surface area contributed by atoms with Crippen LogP contribution in [0.1, 0.15) is 37.7 Å². The van der Waals surface area contributed by atoms with Crippen LogP contribution >= 0.6 is 23.2 Å². The van der Waals surface area contributed by atoms with E-state index in [2.05, 4.69) is 5.16 Å². The monoisotopic (exact) mass is 366 g/mol. The van der Waals surface area contributed by atoms with Crippen molar-refractivity contribution in [2.75, 3.05) is 0 Å². The maximum absolute atomic E-state index is 12.9. The Morgan fingerprint density at radius 3 is 2.54 bits per heavy atom. The van der Waals surface area contributed by atoms with Crippen molar-refractivity contribution in [3.63, 3.8) is 0 Å². The van der Waals surface area contributed by atoms with Crippen LogP contribution in [0.15, 0.2) is 23.4 Å². The lowest BCUT2D eigenvalue weighted by Crippen LogP contribution is -2.43. The van der Waals surface area contributed by atoms with E-state index in [1.807, 2.05) is 0 Å². The zero-order chi connectivity index (χ0) is 16.8. The SMILES string of the molecule is O=C1[C@@H]2C(c3ccc(Cl)cc3Cl)=NO[C@H]2C(=O)N1C1CCCCC1. The molecule has 1 aliphatic carbocycles. The maximum Gasteiger partial charge on any atom is 0.274 e. The molecule has 1 aromatic rings. The molecule has 0 aromatic heterocycles. The summed E-state index contributed by atoms with van der Waals surface area (Å²) in [5.74, 6) is -1.21. The summed E-state index contributed by atoms with van der Waals surface area (Å²) in [5.41, 5.74) is 0.999. The number of imide groups is 1. The molecule has 0 radical (unpaired) electrons. The number of hydrogen-bond acceptors (Lipinski definition) is 4. The summed E-state index contributed by atoms with van der Waals surface area (Å²) in [5, 5.41) is 4.87. The summed E-state index contributed by atoms with van der Waals surface area (Å²) in [6, 6.07) is 4.96. The minimum absolute atomic E-state index is 0.0186. The van der Waals surface area contributed by atoms with E-state index in [1.54, 1.807) is 18.2 Å². The van der Waals surface area contributed by atoms with Gasteiger partial charge in [0.25, 0.3) is 5.91 Å². The first-order chi connectivity index (χ1) is 11.6. The second-order valence-electron chi connectivity index (χ2n) is 6.44. The third-order valence-electron chi connectivity index (χ3n) is 4.99. The Morgan fingerprint density at radius 2 is 1.83 bits per heavy atom. The molecular weight excluding hydrogens is 351 g/mol. The highest BCUT2D eigenvalue weighted by atomic mass is 35.5. The summed E-state index contributed by atoms with van der Waals surface area (Å²) in [4.78, 5) is 32.3. The Labute approximate surface area is 149 Å². The normalized spacial score (nSPS) is 27.2. The number of likely N-dealkylation sites (tertiary alicyclic amines) is 1. The molecule has 1 saturated carbocycles. The zero-order valence-corrected chi connectivity index (χ0v) is 14.4. The fraction of sp³-hybridized carbons (Fsp3) is 0.471. The van der Waals surface area contributed by atoms with E-state index < -0.39 is 12.0 Å². The molecule has 24 heavy (non-hydrogen) atoms. The molecular formula is C17H16Cl2N2O3. The second-order valence-corrected chi connectivity index (χ2v) is 7.29. The van der Waals surface area contributed by atoms with Crippen molar-refractivity contribution < 1.29 is 14.4 Å². The lowest BCUT2D eigenvalue weighted by atomic mass is 9.93. The zero-order valence-electron chi connectivity index (χ0n) is 12.9. The van der Waals surface area contributed by atoms with Crippen LogP contribution in [-0.2, 0) is 14.4 Å². The number of amides is 2. The predicted molar refractivity (Wildman–Crippen MR) is 90.1 cm³/mol. The van der Waals surface area contributed by atoms with Crippen molar-refractivity contribution >= 4 is 40.7 Å². The van der Waals surface area contributed by atoms with E-state index in [-0.39, 0.29) is 17.9 Å². The Hall–Kier alpha value is -1.59. The third-order valence-corrected chi connectivity index (χ3v) is 5.54.